The number of hydrogen-bond donors (Lipinski definition) is 2. The number of carbonyl (C=O) groups is 1. The number of nitrogens with one attached hydrogen (secondary N) is 1. The van der Waals surface area contributed by atoms with Crippen molar-refractivity contribution in [3.8, 4) is 0 Å². The minimum absolute atomic E-state index is 0.0172. The van der Waals surface area contributed by atoms with Gasteiger partial charge in [-0.3, -0.25) is 9.48 Å². The van der Waals surface area contributed by atoms with Crippen LogP contribution >= 0.6 is 0 Å². The summed E-state index contributed by atoms with van der Waals surface area (Å²) in [7, 11) is 1.62. The predicted octanol–water partition coefficient (Wildman–Crippen LogP) is 0.582. The summed E-state index contributed by atoms with van der Waals surface area (Å²) in [4.78, 5) is 12.9. The Morgan fingerprint density at radius 1 is 1.46 bits per heavy atom. The molecule has 7 heteroatoms. The van der Waals surface area contributed by atoms with Gasteiger partial charge in [0.05, 0.1) is 24.2 Å². The second-order valence-corrected chi connectivity index (χ2v) is 7.04. The number of aromatic nitrogens is 2. The summed E-state index contributed by atoms with van der Waals surface area (Å²) in [6, 6.07) is 1.69. The van der Waals surface area contributed by atoms with Crippen LogP contribution in [0, 0.1) is 11.3 Å². The van der Waals surface area contributed by atoms with E-state index in [1.165, 1.54) is 0 Å². The van der Waals surface area contributed by atoms with E-state index in [4.69, 9.17) is 9.47 Å². The van der Waals surface area contributed by atoms with Crippen molar-refractivity contribution in [1.82, 2.24) is 15.1 Å². The van der Waals surface area contributed by atoms with Crippen molar-refractivity contribution < 1.29 is 19.4 Å². The van der Waals surface area contributed by atoms with Gasteiger partial charge in [-0.2, -0.15) is 5.10 Å². The molecule has 1 amide bonds. The minimum atomic E-state index is -0.535. The Bertz CT molecular complexity index is 522. The average molecular weight is 337 g/mol. The van der Waals surface area contributed by atoms with Gasteiger partial charge in [-0.15, -0.1) is 0 Å². The maximum atomic E-state index is 12.9. The van der Waals surface area contributed by atoms with Crippen molar-refractivity contribution in [3.63, 3.8) is 0 Å². The van der Waals surface area contributed by atoms with Crippen LogP contribution in [0.1, 0.15) is 25.7 Å². The van der Waals surface area contributed by atoms with E-state index in [1.807, 2.05) is 16.9 Å². The highest BCUT2D eigenvalue weighted by Crippen LogP contribution is 2.33. The Labute approximate surface area is 142 Å². The molecule has 0 spiro atoms. The van der Waals surface area contributed by atoms with Gasteiger partial charge in [0.15, 0.2) is 0 Å². The van der Waals surface area contributed by atoms with Crippen LogP contribution in [0.4, 0.5) is 0 Å². The van der Waals surface area contributed by atoms with Gasteiger partial charge >= 0.3 is 0 Å². The first kappa shape index (κ1) is 17.4. The Morgan fingerprint density at radius 3 is 2.92 bits per heavy atom. The molecule has 0 aromatic carbocycles. The van der Waals surface area contributed by atoms with Crippen LogP contribution in [0.15, 0.2) is 18.5 Å². The van der Waals surface area contributed by atoms with Crippen molar-refractivity contribution >= 4 is 5.91 Å². The molecule has 3 atom stereocenters. The molecule has 0 radical (unpaired) electrons. The molecule has 2 heterocycles. The third-order valence-corrected chi connectivity index (χ3v) is 5.30. The number of ether oxygens (including phenoxy) is 2. The lowest BCUT2D eigenvalue weighted by molar-refractivity contribution is -0.142. The first-order valence-electron chi connectivity index (χ1n) is 8.66. The van der Waals surface area contributed by atoms with Crippen molar-refractivity contribution in [1.29, 1.82) is 0 Å². The average Bonchev–Trinajstić information content (AvgIpc) is 3.19. The molecule has 2 N–H and O–H groups in total. The van der Waals surface area contributed by atoms with E-state index in [-0.39, 0.29) is 11.9 Å². The lowest BCUT2D eigenvalue weighted by atomic mass is 9.79. The maximum Gasteiger partial charge on any atom is 0.229 e. The predicted molar refractivity (Wildman–Crippen MR) is 87.3 cm³/mol. The summed E-state index contributed by atoms with van der Waals surface area (Å²) >= 11 is 0. The molecule has 1 aliphatic carbocycles. The van der Waals surface area contributed by atoms with Crippen molar-refractivity contribution in [2.45, 2.75) is 44.4 Å². The van der Waals surface area contributed by atoms with Crippen LogP contribution in [-0.2, 0) is 20.8 Å². The van der Waals surface area contributed by atoms with Gasteiger partial charge in [-0.05, 0) is 37.7 Å². The second-order valence-electron chi connectivity index (χ2n) is 7.04. The fourth-order valence-electron chi connectivity index (χ4n) is 3.89. The van der Waals surface area contributed by atoms with Gasteiger partial charge < -0.3 is 19.9 Å². The summed E-state index contributed by atoms with van der Waals surface area (Å²) in [5.41, 5.74) is -0.535. The smallest absolute Gasteiger partial charge is 0.229 e. The van der Waals surface area contributed by atoms with Gasteiger partial charge in [-0.25, -0.2) is 0 Å². The molecule has 134 valence electrons. The molecule has 1 aromatic rings. The van der Waals surface area contributed by atoms with Crippen LogP contribution in [-0.4, -0.2) is 59.9 Å². The van der Waals surface area contributed by atoms with Gasteiger partial charge in [0.1, 0.15) is 0 Å². The van der Waals surface area contributed by atoms with E-state index < -0.39 is 11.5 Å². The zero-order chi connectivity index (χ0) is 17.0. The number of rotatable bonds is 6. The number of carbonyl (C=O) groups excluding carboxylic acids is 1. The normalized spacial score (nSPS) is 29.5. The summed E-state index contributed by atoms with van der Waals surface area (Å²) in [6.07, 6.45) is 5.95. The number of nitrogens with zero attached hydrogens (tertiary/aromatic N) is 2. The SMILES string of the molecule is COCC1(C(=O)N[C@@H]2CC(Cn3cccn3)C[C@H]2O)CCOCC1. The Hall–Kier alpha value is -1.44. The van der Waals surface area contributed by atoms with E-state index in [1.54, 1.807) is 13.3 Å². The van der Waals surface area contributed by atoms with Gasteiger partial charge in [-0.1, -0.05) is 0 Å². The molecule has 1 aliphatic heterocycles. The van der Waals surface area contributed by atoms with Crippen LogP contribution in [0.3, 0.4) is 0 Å². The van der Waals surface area contributed by atoms with Gasteiger partial charge in [0.25, 0.3) is 0 Å². The Kier molecular flexibility index (Phi) is 5.53. The molecule has 2 fully saturated rings. The fraction of sp³-hybridized carbons (Fsp3) is 0.765. The first-order valence-corrected chi connectivity index (χ1v) is 8.66. The third kappa shape index (κ3) is 3.79. The van der Waals surface area contributed by atoms with Gasteiger partial charge in [0.2, 0.25) is 5.91 Å². The molecule has 0 bridgehead atoms. The van der Waals surface area contributed by atoms with Crippen LogP contribution in [0.25, 0.3) is 0 Å². The Morgan fingerprint density at radius 2 is 2.25 bits per heavy atom. The van der Waals surface area contributed by atoms with Crippen molar-refractivity contribution in [2.75, 3.05) is 26.9 Å². The van der Waals surface area contributed by atoms with Crippen LogP contribution < -0.4 is 5.32 Å². The molecule has 1 unspecified atom stereocenters. The molecule has 2 aliphatic rings. The third-order valence-electron chi connectivity index (χ3n) is 5.30. The molecule has 1 saturated carbocycles. The number of amides is 1. The van der Waals surface area contributed by atoms with E-state index in [0.717, 1.165) is 13.0 Å². The lowest BCUT2D eigenvalue weighted by Crippen LogP contribution is -2.52. The summed E-state index contributed by atoms with van der Waals surface area (Å²) in [6.45, 7) is 2.31. The van der Waals surface area contributed by atoms with E-state index >= 15 is 0 Å². The number of hydrogen-bond acceptors (Lipinski definition) is 5. The standard InChI is InChI=1S/C17H27N3O4/c1-23-12-17(3-7-24-8-4-17)16(22)19-14-9-13(10-15(14)21)11-20-6-2-5-18-20/h2,5-6,13-15,21H,3-4,7-12H2,1H3,(H,19,22)/t13?,14-,15-/m1/s1. The fourth-order valence-corrected chi connectivity index (χ4v) is 3.89. The highest BCUT2D eigenvalue weighted by Gasteiger charge is 2.43. The highest BCUT2D eigenvalue weighted by molar-refractivity contribution is 5.83. The molecule has 1 saturated heterocycles. The molecule has 1 aromatic heterocycles. The number of aliphatic hydroxyl groups is 1. The second kappa shape index (κ2) is 7.63. The lowest BCUT2D eigenvalue weighted by Gasteiger charge is -2.36. The first-order chi connectivity index (χ1) is 11.6. The largest absolute Gasteiger partial charge is 0.391 e. The summed E-state index contributed by atoms with van der Waals surface area (Å²) in [5.74, 6) is 0.301. The van der Waals surface area contributed by atoms with E-state index in [9.17, 15) is 9.90 Å². The maximum absolute atomic E-state index is 12.9. The quantitative estimate of drug-likeness (QED) is 0.793. The molecular formula is C17H27N3O4. The highest BCUT2D eigenvalue weighted by atomic mass is 16.5. The molecule has 7 nitrogen and oxygen atoms in total. The minimum Gasteiger partial charge on any atom is -0.391 e. The van der Waals surface area contributed by atoms with E-state index in [0.29, 0.717) is 45.0 Å². The monoisotopic (exact) mass is 337 g/mol. The Balaban J connectivity index is 1.58. The summed E-state index contributed by atoms with van der Waals surface area (Å²) < 4.78 is 12.6. The molecule has 3 rings (SSSR count). The number of aliphatic hydroxyl groups excluding tert-OH is 1. The van der Waals surface area contributed by atoms with Crippen molar-refractivity contribution in [2.24, 2.45) is 11.3 Å². The van der Waals surface area contributed by atoms with Crippen LogP contribution in [0.2, 0.25) is 0 Å². The van der Waals surface area contributed by atoms with E-state index in [2.05, 4.69) is 10.4 Å². The van der Waals surface area contributed by atoms with Crippen LogP contribution in [0.5, 0.6) is 0 Å². The zero-order valence-corrected chi connectivity index (χ0v) is 14.2. The van der Waals surface area contributed by atoms with Crippen molar-refractivity contribution in [3.05, 3.63) is 18.5 Å². The molecule has 24 heavy (non-hydrogen) atoms. The topological polar surface area (TPSA) is 85.6 Å². The molecular weight excluding hydrogens is 310 g/mol. The summed E-state index contributed by atoms with van der Waals surface area (Å²) in [5, 5.41) is 17.6. The van der Waals surface area contributed by atoms with Gasteiger partial charge in [0, 0.05) is 39.3 Å². The zero-order valence-electron chi connectivity index (χ0n) is 14.2. The number of methoxy groups -OCH3 is 1.